The molecule has 0 aromatic rings. The normalized spacial score (nSPS) is 25.0. The van der Waals surface area contributed by atoms with Gasteiger partial charge in [-0.25, -0.2) is 0 Å². The summed E-state index contributed by atoms with van der Waals surface area (Å²) in [5, 5.41) is 0. The van der Waals surface area contributed by atoms with Crippen molar-refractivity contribution in [2.24, 2.45) is 0 Å². The van der Waals surface area contributed by atoms with E-state index < -0.39 is 9.28 Å². The van der Waals surface area contributed by atoms with Crippen molar-refractivity contribution in [1.29, 1.82) is 0 Å². The molecule has 0 aromatic heterocycles. The molecule has 5 nitrogen and oxygen atoms in total. The highest BCUT2D eigenvalue weighted by Gasteiger charge is 2.24. The Balaban J connectivity index is 1.73. The summed E-state index contributed by atoms with van der Waals surface area (Å²) in [5.41, 5.74) is 0. The van der Waals surface area contributed by atoms with E-state index in [4.69, 9.17) is 18.3 Å². The molecule has 2 rings (SSSR count). The van der Waals surface area contributed by atoms with Crippen LogP contribution in [0.2, 0.25) is 6.04 Å². The summed E-state index contributed by atoms with van der Waals surface area (Å²) in [5.74, 6) is 0. The Labute approximate surface area is 143 Å². The van der Waals surface area contributed by atoms with Gasteiger partial charge in [0.15, 0.2) is 0 Å². The molecule has 0 radical (unpaired) electrons. The third-order valence-corrected chi connectivity index (χ3v) is 6.88. The van der Waals surface area contributed by atoms with Crippen molar-refractivity contribution in [3.05, 3.63) is 0 Å². The van der Waals surface area contributed by atoms with E-state index in [1.54, 1.807) is 0 Å². The van der Waals surface area contributed by atoms with Gasteiger partial charge in [-0.05, 0) is 58.5 Å². The molecule has 6 heteroatoms. The topological polar surface area (TPSA) is 40.2 Å². The lowest BCUT2D eigenvalue weighted by molar-refractivity contribution is 0.0374. The Morgan fingerprint density at radius 2 is 1.52 bits per heavy atom. The highest BCUT2D eigenvalue weighted by molar-refractivity contribution is 6.44. The van der Waals surface area contributed by atoms with E-state index in [1.807, 2.05) is 0 Å². The Kier molecular flexibility index (Phi) is 9.71. The zero-order valence-corrected chi connectivity index (χ0v) is 16.2. The second-order valence-electron chi connectivity index (χ2n) is 6.51. The fourth-order valence-electron chi connectivity index (χ4n) is 3.48. The first-order valence-electron chi connectivity index (χ1n) is 9.50. The van der Waals surface area contributed by atoms with Gasteiger partial charge < -0.3 is 18.3 Å². The van der Waals surface area contributed by atoms with Gasteiger partial charge in [0, 0.05) is 39.5 Å². The lowest BCUT2D eigenvalue weighted by atomic mass is 10.2. The van der Waals surface area contributed by atoms with E-state index in [0.717, 1.165) is 58.5 Å². The van der Waals surface area contributed by atoms with Gasteiger partial charge in [0.05, 0.1) is 12.2 Å². The molecule has 2 aliphatic heterocycles. The first kappa shape index (κ1) is 19.3. The highest BCUT2D eigenvalue weighted by Crippen LogP contribution is 2.18. The van der Waals surface area contributed by atoms with E-state index >= 15 is 0 Å². The molecular weight excluding hydrogens is 310 g/mol. The van der Waals surface area contributed by atoms with Crippen LogP contribution in [0, 0.1) is 0 Å². The van der Waals surface area contributed by atoms with Crippen LogP contribution in [0.15, 0.2) is 0 Å². The molecule has 2 heterocycles. The molecule has 0 saturated carbocycles. The predicted molar refractivity (Wildman–Crippen MR) is 94.2 cm³/mol. The molecule has 2 atom stereocenters. The Morgan fingerprint density at radius 3 is 1.96 bits per heavy atom. The average Bonchev–Trinajstić information content (AvgIpc) is 3.21. The second kappa shape index (κ2) is 11.6. The molecular formula is C17H35NO4Si. The third kappa shape index (κ3) is 7.62. The van der Waals surface area contributed by atoms with Gasteiger partial charge in [0.25, 0.3) is 0 Å². The summed E-state index contributed by atoms with van der Waals surface area (Å²) in [7, 11) is -1.46. The SMILES string of the molecule is CCO[SiH](CCCN(CC1CCCO1)CC1CCCO1)OCC. The van der Waals surface area contributed by atoms with Gasteiger partial charge in [-0.3, -0.25) is 4.90 Å². The van der Waals surface area contributed by atoms with Crippen molar-refractivity contribution < 1.29 is 18.3 Å². The van der Waals surface area contributed by atoms with E-state index in [0.29, 0.717) is 12.2 Å². The third-order valence-electron chi connectivity index (χ3n) is 4.59. The van der Waals surface area contributed by atoms with E-state index in [2.05, 4.69) is 18.7 Å². The lowest BCUT2D eigenvalue weighted by Gasteiger charge is -2.28. The quantitative estimate of drug-likeness (QED) is 0.508. The Bertz CT molecular complexity index is 272. The molecule has 0 spiro atoms. The van der Waals surface area contributed by atoms with Gasteiger partial charge >= 0.3 is 9.28 Å². The fourth-order valence-corrected chi connectivity index (χ4v) is 5.17. The summed E-state index contributed by atoms with van der Waals surface area (Å²) in [6.07, 6.45) is 6.82. The predicted octanol–water partition coefficient (Wildman–Crippen LogP) is 2.33. The van der Waals surface area contributed by atoms with Crippen LogP contribution >= 0.6 is 0 Å². The summed E-state index contributed by atoms with van der Waals surface area (Å²) < 4.78 is 23.2. The number of nitrogens with zero attached hydrogens (tertiary/aromatic N) is 1. The number of hydrogen-bond acceptors (Lipinski definition) is 5. The Morgan fingerprint density at radius 1 is 0.957 bits per heavy atom. The molecule has 2 saturated heterocycles. The second-order valence-corrected chi connectivity index (χ2v) is 8.62. The molecule has 0 aromatic carbocycles. The minimum atomic E-state index is -1.46. The van der Waals surface area contributed by atoms with Crippen molar-refractivity contribution in [2.75, 3.05) is 46.1 Å². The molecule has 2 fully saturated rings. The van der Waals surface area contributed by atoms with Crippen LogP contribution in [0.25, 0.3) is 0 Å². The maximum absolute atomic E-state index is 5.83. The number of rotatable bonds is 12. The van der Waals surface area contributed by atoms with Crippen molar-refractivity contribution in [3.63, 3.8) is 0 Å². The van der Waals surface area contributed by atoms with Crippen molar-refractivity contribution >= 4 is 9.28 Å². The average molecular weight is 346 g/mol. The summed E-state index contributed by atoms with van der Waals surface area (Å²) in [6, 6.07) is 1.09. The zero-order valence-electron chi connectivity index (χ0n) is 15.0. The van der Waals surface area contributed by atoms with Crippen LogP contribution in [0.5, 0.6) is 0 Å². The van der Waals surface area contributed by atoms with Gasteiger partial charge in [-0.1, -0.05) is 0 Å². The van der Waals surface area contributed by atoms with Crippen LogP contribution < -0.4 is 0 Å². The molecule has 23 heavy (non-hydrogen) atoms. The first-order chi connectivity index (χ1) is 11.3. The first-order valence-corrected chi connectivity index (χ1v) is 11.3. The van der Waals surface area contributed by atoms with Crippen LogP contribution in [0.3, 0.4) is 0 Å². The summed E-state index contributed by atoms with van der Waals surface area (Å²) >= 11 is 0. The van der Waals surface area contributed by atoms with Gasteiger partial charge in [0.2, 0.25) is 0 Å². The van der Waals surface area contributed by atoms with E-state index in [9.17, 15) is 0 Å². The highest BCUT2D eigenvalue weighted by atomic mass is 28.3. The van der Waals surface area contributed by atoms with Crippen molar-refractivity contribution in [1.82, 2.24) is 4.90 Å². The maximum Gasteiger partial charge on any atom is 0.321 e. The largest absolute Gasteiger partial charge is 0.397 e. The van der Waals surface area contributed by atoms with Gasteiger partial charge in [-0.2, -0.15) is 0 Å². The maximum atomic E-state index is 5.83. The van der Waals surface area contributed by atoms with Crippen molar-refractivity contribution in [2.45, 2.75) is 64.2 Å². The number of ether oxygens (including phenoxy) is 2. The lowest BCUT2D eigenvalue weighted by Crippen LogP contribution is -2.38. The van der Waals surface area contributed by atoms with E-state index in [-0.39, 0.29) is 0 Å². The molecule has 0 amide bonds. The fraction of sp³-hybridized carbons (Fsp3) is 1.00. The Hall–Kier alpha value is 0.0169. The van der Waals surface area contributed by atoms with Crippen LogP contribution in [-0.2, 0) is 18.3 Å². The van der Waals surface area contributed by atoms with E-state index in [1.165, 1.54) is 25.7 Å². The van der Waals surface area contributed by atoms with Gasteiger partial charge in [0.1, 0.15) is 0 Å². The summed E-state index contributed by atoms with van der Waals surface area (Å²) in [6.45, 7) is 10.7. The summed E-state index contributed by atoms with van der Waals surface area (Å²) in [4.78, 5) is 2.55. The molecule has 0 bridgehead atoms. The minimum Gasteiger partial charge on any atom is -0.397 e. The minimum absolute atomic E-state index is 0.420. The molecule has 0 N–H and O–H groups in total. The van der Waals surface area contributed by atoms with Crippen LogP contribution in [0.4, 0.5) is 0 Å². The zero-order chi connectivity index (χ0) is 16.3. The molecule has 0 aliphatic carbocycles. The van der Waals surface area contributed by atoms with Gasteiger partial charge in [-0.15, -0.1) is 0 Å². The van der Waals surface area contributed by atoms with Crippen LogP contribution in [0.1, 0.15) is 46.0 Å². The number of hydrogen-bond donors (Lipinski definition) is 0. The van der Waals surface area contributed by atoms with Crippen LogP contribution in [-0.4, -0.2) is 72.5 Å². The molecule has 2 unspecified atom stereocenters. The molecule has 136 valence electrons. The van der Waals surface area contributed by atoms with Crippen molar-refractivity contribution in [3.8, 4) is 0 Å². The standard InChI is InChI=1S/C17H35NO4Si/c1-3-21-23(22-4-2)13-7-10-18(14-16-8-5-11-19-16)15-17-9-6-12-20-17/h16-17,23H,3-15H2,1-2H3. The smallest absolute Gasteiger partial charge is 0.321 e. The monoisotopic (exact) mass is 345 g/mol. The molecule has 2 aliphatic rings.